The first kappa shape index (κ1) is 15.3. The SMILES string of the molecule is Nc1cc(Cl)c(NC(=O)CN2CC(O)C(O)C2)c(Cl)c1. The molecule has 6 nitrogen and oxygen atoms in total. The Hall–Kier alpha value is -1.05. The number of nitrogens with one attached hydrogen (secondary N) is 1. The molecule has 1 amide bonds. The molecule has 0 radical (unpaired) electrons. The van der Waals surface area contributed by atoms with E-state index in [1.807, 2.05) is 0 Å². The summed E-state index contributed by atoms with van der Waals surface area (Å²) in [5, 5.41) is 21.9. The molecule has 2 rings (SSSR count). The smallest absolute Gasteiger partial charge is 0.238 e. The normalized spacial score (nSPS) is 23.0. The van der Waals surface area contributed by atoms with E-state index in [9.17, 15) is 15.0 Å². The number of aliphatic hydroxyl groups excluding tert-OH is 2. The second-order valence-electron chi connectivity index (χ2n) is 4.74. The third-order valence-corrected chi connectivity index (χ3v) is 3.63. The highest BCUT2D eigenvalue weighted by atomic mass is 35.5. The first-order chi connectivity index (χ1) is 9.36. The number of nitrogens with zero attached hydrogens (tertiary/aromatic N) is 1. The van der Waals surface area contributed by atoms with Gasteiger partial charge < -0.3 is 21.3 Å². The van der Waals surface area contributed by atoms with Crippen molar-refractivity contribution in [2.24, 2.45) is 0 Å². The van der Waals surface area contributed by atoms with Crippen molar-refractivity contribution in [1.29, 1.82) is 0 Å². The van der Waals surface area contributed by atoms with Crippen LogP contribution in [0.3, 0.4) is 0 Å². The Labute approximate surface area is 126 Å². The van der Waals surface area contributed by atoms with Crippen LogP contribution < -0.4 is 11.1 Å². The van der Waals surface area contributed by atoms with E-state index < -0.39 is 12.2 Å². The number of carbonyl (C=O) groups excluding carboxylic acids is 1. The van der Waals surface area contributed by atoms with Crippen molar-refractivity contribution >= 4 is 40.5 Å². The van der Waals surface area contributed by atoms with E-state index in [1.54, 1.807) is 4.90 Å². The Bertz CT molecular complexity index is 494. The maximum Gasteiger partial charge on any atom is 0.238 e. The molecule has 2 atom stereocenters. The molecule has 0 spiro atoms. The first-order valence-corrected chi connectivity index (χ1v) is 6.75. The molecule has 0 aliphatic carbocycles. The van der Waals surface area contributed by atoms with Gasteiger partial charge in [0.2, 0.25) is 5.91 Å². The number of aliphatic hydroxyl groups is 2. The van der Waals surface area contributed by atoms with Crippen molar-refractivity contribution in [1.82, 2.24) is 4.90 Å². The van der Waals surface area contributed by atoms with Gasteiger partial charge in [-0.1, -0.05) is 23.2 Å². The van der Waals surface area contributed by atoms with Gasteiger partial charge in [-0.3, -0.25) is 9.69 Å². The van der Waals surface area contributed by atoms with Gasteiger partial charge in [0, 0.05) is 18.8 Å². The zero-order chi connectivity index (χ0) is 14.9. The second kappa shape index (κ2) is 6.15. The third kappa shape index (κ3) is 3.53. The number of nitrogen functional groups attached to an aromatic ring is 1. The Kier molecular flexibility index (Phi) is 4.72. The molecule has 110 valence electrons. The Morgan fingerprint density at radius 1 is 1.30 bits per heavy atom. The van der Waals surface area contributed by atoms with E-state index in [4.69, 9.17) is 28.9 Å². The molecule has 5 N–H and O–H groups in total. The maximum absolute atomic E-state index is 11.9. The fourth-order valence-electron chi connectivity index (χ4n) is 2.07. The van der Waals surface area contributed by atoms with Crippen LogP contribution in [0.25, 0.3) is 0 Å². The average molecular weight is 320 g/mol. The molecule has 1 aromatic carbocycles. The van der Waals surface area contributed by atoms with Crippen molar-refractivity contribution in [3.8, 4) is 0 Å². The van der Waals surface area contributed by atoms with Crippen molar-refractivity contribution in [3.63, 3.8) is 0 Å². The van der Waals surface area contributed by atoms with E-state index in [0.29, 0.717) is 11.4 Å². The number of halogens is 2. The number of anilines is 2. The van der Waals surface area contributed by atoms with Crippen LogP contribution in [0.15, 0.2) is 12.1 Å². The number of rotatable bonds is 3. The molecule has 1 fully saturated rings. The second-order valence-corrected chi connectivity index (χ2v) is 5.55. The summed E-state index contributed by atoms with van der Waals surface area (Å²) in [4.78, 5) is 13.5. The monoisotopic (exact) mass is 319 g/mol. The van der Waals surface area contributed by atoms with E-state index in [-0.39, 0.29) is 35.6 Å². The fraction of sp³-hybridized carbons (Fsp3) is 0.417. The summed E-state index contributed by atoms with van der Waals surface area (Å²) >= 11 is 11.9. The summed E-state index contributed by atoms with van der Waals surface area (Å²) in [6, 6.07) is 2.98. The summed E-state index contributed by atoms with van der Waals surface area (Å²) in [5.41, 5.74) is 6.28. The summed E-state index contributed by atoms with van der Waals surface area (Å²) in [6.07, 6.45) is -1.65. The van der Waals surface area contributed by atoms with Gasteiger partial charge in [0.15, 0.2) is 0 Å². The van der Waals surface area contributed by atoms with Gasteiger partial charge in [-0.2, -0.15) is 0 Å². The summed E-state index contributed by atoms with van der Waals surface area (Å²) < 4.78 is 0. The minimum absolute atomic E-state index is 0.0329. The highest BCUT2D eigenvalue weighted by Crippen LogP contribution is 2.32. The van der Waals surface area contributed by atoms with Gasteiger partial charge in [-0.05, 0) is 12.1 Å². The van der Waals surface area contributed by atoms with Crippen molar-refractivity contribution in [3.05, 3.63) is 22.2 Å². The lowest BCUT2D eigenvalue weighted by molar-refractivity contribution is -0.117. The van der Waals surface area contributed by atoms with E-state index in [0.717, 1.165) is 0 Å². The number of nitrogens with two attached hydrogens (primary N) is 1. The van der Waals surface area contributed by atoms with Crippen LogP contribution in [-0.2, 0) is 4.79 Å². The van der Waals surface area contributed by atoms with Gasteiger partial charge in [-0.15, -0.1) is 0 Å². The van der Waals surface area contributed by atoms with Crippen molar-refractivity contribution < 1.29 is 15.0 Å². The van der Waals surface area contributed by atoms with Gasteiger partial charge >= 0.3 is 0 Å². The minimum Gasteiger partial charge on any atom is -0.399 e. The Morgan fingerprint density at radius 3 is 2.30 bits per heavy atom. The topological polar surface area (TPSA) is 98.8 Å². The lowest BCUT2D eigenvalue weighted by Crippen LogP contribution is -2.32. The number of amides is 1. The standard InChI is InChI=1S/C12H15Cl2N3O3/c13-7-1-6(15)2-8(14)12(7)16-11(20)5-17-3-9(18)10(19)4-17/h1-2,9-10,18-19H,3-5,15H2,(H,16,20). The number of carbonyl (C=O) groups is 1. The number of benzene rings is 1. The van der Waals surface area contributed by atoms with E-state index >= 15 is 0 Å². The lowest BCUT2D eigenvalue weighted by Gasteiger charge is -2.15. The number of likely N-dealkylation sites (tertiary alicyclic amines) is 1. The van der Waals surface area contributed by atoms with Crippen molar-refractivity contribution in [2.45, 2.75) is 12.2 Å². The van der Waals surface area contributed by atoms with Crippen LogP contribution in [0.4, 0.5) is 11.4 Å². The average Bonchev–Trinajstić information content (AvgIpc) is 2.63. The van der Waals surface area contributed by atoms with Crippen LogP contribution >= 0.6 is 23.2 Å². The van der Waals surface area contributed by atoms with Gasteiger partial charge in [0.1, 0.15) is 0 Å². The van der Waals surface area contributed by atoms with Crippen LogP contribution in [0.2, 0.25) is 10.0 Å². The summed E-state index contributed by atoms with van der Waals surface area (Å²) in [7, 11) is 0. The lowest BCUT2D eigenvalue weighted by atomic mass is 10.2. The Morgan fingerprint density at radius 2 is 1.80 bits per heavy atom. The van der Waals surface area contributed by atoms with Crippen molar-refractivity contribution in [2.75, 3.05) is 30.7 Å². The van der Waals surface area contributed by atoms with Gasteiger partial charge in [0.25, 0.3) is 0 Å². The largest absolute Gasteiger partial charge is 0.399 e. The molecule has 1 saturated heterocycles. The van der Waals surface area contributed by atoms with E-state index in [2.05, 4.69) is 5.32 Å². The third-order valence-electron chi connectivity index (χ3n) is 3.03. The van der Waals surface area contributed by atoms with Crippen LogP contribution in [0, 0.1) is 0 Å². The predicted octanol–water partition coefficient (Wildman–Crippen LogP) is 0.551. The number of hydrogen-bond acceptors (Lipinski definition) is 5. The van der Waals surface area contributed by atoms with Gasteiger partial charge in [-0.25, -0.2) is 0 Å². The zero-order valence-electron chi connectivity index (χ0n) is 10.5. The van der Waals surface area contributed by atoms with Crippen LogP contribution in [-0.4, -0.2) is 52.9 Å². The maximum atomic E-state index is 11.9. The molecule has 0 saturated carbocycles. The molecule has 1 aliphatic heterocycles. The van der Waals surface area contributed by atoms with Gasteiger partial charge in [0.05, 0.1) is 34.5 Å². The van der Waals surface area contributed by atoms with Crippen LogP contribution in [0.5, 0.6) is 0 Å². The molecule has 2 unspecified atom stereocenters. The Balaban J connectivity index is 1.99. The number of β-amino-alcohol motifs (C(OH)–C–C–N with tert-alkyl or cyclic N) is 2. The first-order valence-electron chi connectivity index (χ1n) is 5.99. The summed E-state index contributed by atoms with van der Waals surface area (Å²) in [6.45, 7) is 0.529. The zero-order valence-corrected chi connectivity index (χ0v) is 12.0. The highest BCUT2D eigenvalue weighted by Gasteiger charge is 2.30. The number of hydrogen-bond donors (Lipinski definition) is 4. The summed E-state index contributed by atoms with van der Waals surface area (Å²) in [5.74, 6) is -0.333. The molecule has 1 aliphatic rings. The molecule has 1 aromatic rings. The molecule has 0 aromatic heterocycles. The molecule has 20 heavy (non-hydrogen) atoms. The quantitative estimate of drug-likeness (QED) is 0.610. The van der Waals surface area contributed by atoms with Crippen LogP contribution in [0.1, 0.15) is 0 Å². The van der Waals surface area contributed by atoms with E-state index in [1.165, 1.54) is 12.1 Å². The fourth-order valence-corrected chi connectivity index (χ4v) is 2.67. The minimum atomic E-state index is -0.827. The molecular weight excluding hydrogens is 305 g/mol. The predicted molar refractivity (Wildman–Crippen MR) is 78.0 cm³/mol. The molecule has 0 bridgehead atoms. The molecule has 8 heteroatoms. The molecule has 1 heterocycles. The highest BCUT2D eigenvalue weighted by molar-refractivity contribution is 6.40. The molecular formula is C12H15Cl2N3O3.